The molecular weight excluding hydrogens is 900 g/mol. The minimum Gasteiger partial charge on any atom is -0.462 e. The Bertz CT molecular complexity index is 3060. The van der Waals surface area contributed by atoms with Crippen LogP contribution < -0.4 is 20.1 Å². The summed E-state index contributed by atoms with van der Waals surface area (Å²) < 4.78 is 21.7. The van der Waals surface area contributed by atoms with Crippen LogP contribution in [0.1, 0.15) is 95.6 Å². The molecule has 0 amide bonds. The number of anilines is 2. The maximum absolute atomic E-state index is 12.4. The van der Waals surface area contributed by atoms with Crippen LogP contribution >= 0.6 is 11.6 Å². The second-order valence-corrected chi connectivity index (χ2v) is 15.3. The molecule has 2 N–H and O–H groups in total. The molecule has 4 heterocycles. The van der Waals surface area contributed by atoms with Crippen molar-refractivity contribution in [2.45, 2.75) is 52.6 Å². The fourth-order valence-corrected chi connectivity index (χ4v) is 7.37. The van der Waals surface area contributed by atoms with Crippen LogP contribution in [0.15, 0.2) is 140 Å². The summed E-state index contributed by atoms with van der Waals surface area (Å²) >= 11 is 6.64. The number of hydrogen-bond donors (Lipinski definition) is 2. The van der Waals surface area contributed by atoms with E-state index in [9.17, 15) is 19.2 Å². The van der Waals surface area contributed by atoms with E-state index in [0.717, 1.165) is 16.5 Å². The molecule has 2 atom stereocenters. The van der Waals surface area contributed by atoms with Crippen LogP contribution in [-0.4, -0.2) is 67.0 Å². The van der Waals surface area contributed by atoms with Gasteiger partial charge < -0.3 is 29.6 Å². The molecule has 69 heavy (non-hydrogen) atoms. The van der Waals surface area contributed by atoms with Gasteiger partial charge in [-0.15, -0.1) is 0 Å². The molecule has 2 unspecified atom stereocenters. The third-order valence-corrected chi connectivity index (χ3v) is 10.7. The van der Waals surface area contributed by atoms with Crippen molar-refractivity contribution >= 4 is 69.2 Å². The molecule has 0 bridgehead atoms. The summed E-state index contributed by atoms with van der Waals surface area (Å²) in [6.45, 7) is 7.55. The lowest BCUT2D eigenvalue weighted by Crippen LogP contribution is -2.18. The molecule has 8 rings (SSSR count). The predicted octanol–water partition coefficient (Wildman–Crippen LogP) is 10.1. The normalized spacial score (nSPS) is 11.6. The van der Waals surface area contributed by atoms with Crippen LogP contribution in [0.2, 0.25) is 5.02 Å². The summed E-state index contributed by atoms with van der Waals surface area (Å²) in [4.78, 5) is 75.0. The first-order valence-electron chi connectivity index (χ1n) is 22.1. The molecule has 8 aromatic rings. The Morgan fingerprint density at radius 3 is 1.46 bits per heavy atom. The van der Waals surface area contributed by atoms with Gasteiger partial charge in [-0.25, -0.2) is 29.5 Å². The van der Waals surface area contributed by atoms with Gasteiger partial charge in [0.2, 0.25) is 11.9 Å². The Labute approximate surface area is 402 Å². The van der Waals surface area contributed by atoms with Crippen LogP contribution in [0.25, 0.3) is 21.8 Å². The Hall–Kier alpha value is -8.37. The minimum atomic E-state index is -0.586. The zero-order chi connectivity index (χ0) is 48.7. The number of benzene rings is 4. The Morgan fingerprint density at radius 2 is 0.971 bits per heavy atom. The summed E-state index contributed by atoms with van der Waals surface area (Å²) in [6, 6.07) is 29.2. The van der Waals surface area contributed by atoms with E-state index < -0.39 is 30.0 Å². The van der Waals surface area contributed by atoms with E-state index in [1.54, 1.807) is 126 Å². The maximum Gasteiger partial charge on any atom is 0.338 e. The first-order chi connectivity index (χ1) is 33.6. The van der Waals surface area contributed by atoms with Crippen molar-refractivity contribution in [2.24, 2.45) is 0 Å². The third-order valence-electron chi connectivity index (χ3n) is 10.4. The second-order valence-electron chi connectivity index (χ2n) is 14.9. The monoisotopic (exact) mass is 946 g/mol. The van der Waals surface area contributed by atoms with Crippen molar-refractivity contribution in [1.82, 2.24) is 29.9 Å². The lowest BCUT2D eigenvalue weighted by Gasteiger charge is -2.23. The fraction of sp³-hybridized carbons (Fsp3) is 0.192. The first-order valence-corrected chi connectivity index (χ1v) is 22.5. The zero-order valence-electron chi connectivity index (χ0n) is 38.1. The van der Waals surface area contributed by atoms with Gasteiger partial charge in [0, 0.05) is 71.9 Å². The van der Waals surface area contributed by atoms with Crippen molar-refractivity contribution in [3.63, 3.8) is 0 Å². The highest BCUT2D eigenvalue weighted by atomic mass is 35.5. The third kappa shape index (κ3) is 12.0. The molecule has 0 saturated carbocycles. The quantitative estimate of drug-likeness (QED) is 0.0682. The average Bonchev–Trinajstić information content (AvgIpc) is 3.39. The van der Waals surface area contributed by atoms with Gasteiger partial charge in [-0.05, 0) is 85.6 Å². The Balaban J connectivity index is 0.000000204. The zero-order valence-corrected chi connectivity index (χ0v) is 38.8. The molecule has 16 nitrogen and oxygen atoms in total. The number of aromatic nitrogens is 6. The molecule has 0 aliphatic carbocycles. The van der Waals surface area contributed by atoms with Crippen molar-refractivity contribution < 1.29 is 38.1 Å². The van der Waals surface area contributed by atoms with Gasteiger partial charge in [0.25, 0.3) is 0 Å². The molecule has 17 heteroatoms. The van der Waals surface area contributed by atoms with Crippen molar-refractivity contribution in [3.05, 3.63) is 179 Å². The molecule has 0 fully saturated rings. The first kappa shape index (κ1) is 48.6. The van der Waals surface area contributed by atoms with E-state index in [1.807, 2.05) is 42.5 Å². The van der Waals surface area contributed by atoms with Gasteiger partial charge in [-0.3, -0.25) is 19.6 Å². The predicted molar refractivity (Wildman–Crippen MR) is 260 cm³/mol. The van der Waals surface area contributed by atoms with E-state index in [0.29, 0.717) is 73.7 Å². The van der Waals surface area contributed by atoms with Crippen LogP contribution in [-0.2, 0) is 19.1 Å². The fourth-order valence-electron chi connectivity index (χ4n) is 7.10. The van der Waals surface area contributed by atoms with Gasteiger partial charge in [-0.2, -0.15) is 0 Å². The Morgan fingerprint density at radius 1 is 0.522 bits per heavy atom. The summed E-state index contributed by atoms with van der Waals surface area (Å²) in [5.41, 5.74) is 4.71. The van der Waals surface area contributed by atoms with E-state index in [-0.39, 0.29) is 25.4 Å². The minimum absolute atomic E-state index is 0.185. The van der Waals surface area contributed by atoms with Gasteiger partial charge in [-0.1, -0.05) is 67.9 Å². The lowest BCUT2D eigenvalue weighted by atomic mass is 9.95. The highest BCUT2D eigenvalue weighted by Gasteiger charge is 2.27. The number of rotatable bonds is 16. The number of fused-ring (bicyclic) bond motifs is 2. The molecule has 0 radical (unpaired) electrons. The van der Waals surface area contributed by atoms with Gasteiger partial charge >= 0.3 is 23.9 Å². The summed E-state index contributed by atoms with van der Waals surface area (Å²) in [6.07, 6.45) is 10.2. The van der Waals surface area contributed by atoms with Gasteiger partial charge in [0.15, 0.2) is 11.5 Å². The number of pyridine rings is 2. The van der Waals surface area contributed by atoms with E-state index in [4.69, 9.17) is 30.5 Å². The molecule has 0 saturated heterocycles. The number of carbonyl (C=O) groups excluding carboxylic acids is 4. The van der Waals surface area contributed by atoms with Crippen molar-refractivity contribution in [2.75, 3.05) is 23.8 Å². The van der Waals surface area contributed by atoms with Gasteiger partial charge in [0.1, 0.15) is 11.0 Å². The highest BCUT2D eigenvalue weighted by Crippen LogP contribution is 2.41. The van der Waals surface area contributed by atoms with Crippen molar-refractivity contribution in [1.29, 1.82) is 0 Å². The van der Waals surface area contributed by atoms with Crippen LogP contribution in [0.3, 0.4) is 0 Å². The second kappa shape index (κ2) is 23.4. The number of hydrogen-bond acceptors (Lipinski definition) is 16. The number of esters is 4. The van der Waals surface area contributed by atoms with Gasteiger partial charge in [0.05, 0.1) is 41.4 Å². The van der Waals surface area contributed by atoms with E-state index >= 15 is 0 Å². The molecule has 0 aliphatic heterocycles. The average molecular weight is 947 g/mol. The number of nitrogens with one attached hydrogen (secondary N) is 2. The largest absolute Gasteiger partial charge is 0.462 e. The standard InChI is InChI=1S/C26H23ClN4O4.C26H24N4O4/c1-3-21(32)35-24-19(15-20(27)18-7-5-12-28-23(18)24)22(31-26-29-13-6-14-30-26)16-8-10-17(11-9-16)25(33)34-4-2;1-3-21(31)34-24-20(13-12-17-7-5-14-27-23(17)24)22(30-26-28-15-6-16-29-26)18-8-10-19(11-9-18)25(32)33-4-2/h5-15,22H,3-4H2,1-2H3,(H,29,30,31);5-16,22H,3-4H2,1-2H3,(H,28,29,30). The molecule has 350 valence electrons. The number of carbonyl (C=O) groups is 4. The van der Waals surface area contributed by atoms with Crippen molar-refractivity contribution in [3.8, 4) is 11.5 Å². The lowest BCUT2D eigenvalue weighted by molar-refractivity contribution is -0.134. The molecule has 0 spiro atoms. The van der Waals surface area contributed by atoms with E-state index in [1.165, 1.54) is 0 Å². The molecular formula is C52H47ClN8O8. The van der Waals surface area contributed by atoms with Crippen LogP contribution in [0.5, 0.6) is 11.5 Å². The number of ether oxygens (including phenoxy) is 4. The molecule has 0 aliphatic rings. The smallest absolute Gasteiger partial charge is 0.338 e. The van der Waals surface area contributed by atoms with E-state index in [2.05, 4.69) is 40.5 Å². The number of halogens is 1. The Kier molecular flexibility index (Phi) is 16.5. The molecule has 4 aromatic carbocycles. The maximum atomic E-state index is 12.4. The molecule has 4 aromatic heterocycles. The summed E-state index contributed by atoms with van der Waals surface area (Å²) in [5.74, 6) is -0.164. The summed E-state index contributed by atoms with van der Waals surface area (Å²) in [7, 11) is 0. The van der Waals surface area contributed by atoms with Crippen LogP contribution in [0, 0.1) is 0 Å². The summed E-state index contributed by atoms with van der Waals surface area (Å²) in [5, 5.41) is 8.57. The van der Waals surface area contributed by atoms with Crippen LogP contribution in [0.4, 0.5) is 11.9 Å². The number of nitrogens with zero attached hydrogens (tertiary/aromatic N) is 6. The SMILES string of the molecule is CCOC(=O)c1ccc(C(Nc2ncccn2)c2cc(Cl)c3cccnc3c2OC(=O)CC)cc1.CCOC(=O)c1ccc(C(Nc2ncccn2)c2ccc3cccnc3c2OC(=O)CC)cc1. The topological polar surface area (TPSA) is 207 Å². The highest BCUT2D eigenvalue weighted by molar-refractivity contribution is 6.35.